The van der Waals surface area contributed by atoms with Crippen LogP contribution in [0.2, 0.25) is 0 Å². The normalized spacial score (nSPS) is 20.6. The van der Waals surface area contributed by atoms with Crippen molar-refractivity contribution in [2.75, 3.05) is 26.9 Å². The van der Waals surface area contributed by atoms with E-state index >= 15 is 0 Å². The minimum atomic E-state index is 0.00679. The van der Waals surface area contributed by atoms with Crippen LogP contribution in [-0.4, -0.2) is 54.4 Å². The Morgan fingerprint density at radius 3 is 2.96 bits per heavy atom. The minimum Gasteiger partial charge on any atom is -0.383 e. The first-order valence-electron chi connectivity index (χ1n) is 8.75. The maximum absolute atomic E-state index is 12.8. The van der Waals surface area contributed by atoms with E-state index < -0.39 is 0 Å². The maximum atomic E-state index is 12.8. The van der Waals surface area contributed by atoms with Crippen molar-refractivity contribution in [2.24, 2.45) is 7.05 Å². The first-order chi connectivity index (χ1) is 12.1. The zero-order chi connectivity index (χ0) is 17.8. The van der Waals surface area contributed by atoms with Gasteiger partial charge in [-0.2, -0.15) is 0 Å². The predicted octanol–water partition coefficient (Wildman–Crippen LogP) is 2.84. The van der Waals surface area contributed by atoms with Gasteiger partial charge in [-0.3, -0.25) is 4.79 Å². The highest BCUT2D eigenvalue weighted by molar-refractivity contribution is 5.96. The molecule has 3 rings (SSSR count). The summed E-state index contributed by atoms with van der Waals surface area (Å²) in [5.41, 5.74) is 2.21. The van der Waals surface area contributed by atoms with Crippen LogP contribution in [-0.2, 0) is 21.3 Å². The largest absolute Gasteiger partial charge is 0.383 e. The van der Waals surface area contributed by atoms with E-state index in [0.717, 1.165) is 22.9 Å². The van der Waals surface area contributed by atoms with Crippen LogP contribution in [0.25, 0.3) is 17.0 Å². The monoisotopic (exact) mass is 342 g/mol. The molecule has 0 N–H and O–H groups in total. The van der Waals surface area contributed by atoms with Crippen LogP contribution in [0.15, 0.2) is 36.5 Å². The van der Waals surface area contributed by atoms with E-state index in [1.807, 2.05) is 37.1 Å². The number of ether oxygens (including phenoxy) is 2. The molecule has 1 saturated heterocycles. The van der Waals surface area contributed by atoms with Crippen LogP contribution in [0, 0.1) is 0 Å². The van der Waals surface area contributed by atoms with Crippen LogP contribution in [0.1, 0.15) is 18.9 Å². The van der Waals surface area contributed by atoms with E-state index in [1.54, 1.807) is 13.2 Å². The molecule has 2 aromatic rings. The van der Waals surface area contributed by atoms with Gasteiger partial charge in [-0.1, -0.05) is 18.2 Å². The number of methoxy groups -OCH3 is 1. The smallest absolute Gasteiger partial charge is 0.246 e. The lowest BCUT2D eigenvalue weighted by molar-refractivity contribution is -0.130. The highest BCUT2D eigenvalue weighted by Gasteiger charge is 2.31. The van der Waals surface area contributed by atoms with Gasteiger partial charge in [0.15, 0.2) is 0 Å². The molecule has 0 saturated carbocycles. The van der Waals surface area contributed by atoms with Gasteiger partial charge in [0.2, 0.25) is 5.91 Å². The molecule has 1 aliphatic heterocycles. The third-order valence-corrected chi connectivity index (χ3v) is 4.89. The molecule has 25 heavy (non-hydrogen) atoms. The van der Waals surface area contributed by atoms with E-state index in [9.17, 15) is 4.79 Å². The van der Waals surface area contributed by atoms with Gasteiger partial charge < -0.3 is 18.9 Å². The third-order valence-electron chi connectivity index (χ3n) is 4.89. The lowest BCUT2D eigenvalue weighted by atomic mass is 10.1. The molecule has 1 aliphatic rings. The van der Waals surface area contributed by atoms with Crippen LogP contribution in [0.5, 0.6) is 0 Å². The zero-order valence-electron chi connectivity index (χ0n) is 15.1. The van der Waals surface area contributed by atoms with Crippen LogP contribution < -0.4 is 0 Å². The molecule has 2 atom stereocenters. The molecule has 1 amide bonds. The highest BCUT2D eigenvalue weighted by atomic mass is 16.5. The molecular weight excluding hydrogens is 316 g/mol. The molecular formula is C20H26N2O3. The Bertz CT molecular complexity index is 765. The topological polar surface area (TPSA) is 43.7 Å². The maximum Gasteiger partial charge on any atom is 0.246 e. The average molecular weight is 342 g/mol. The Morgan fingerprint density at radius 2 is 2.24 bits per heavy atom. The molecule has 0 bridgehead atoms. The number of hydrogen-bond acceptors (Lipinski definition) is 3. The van der Waals surface area contributed by atoms with Gasteiger partial charge in [0.1, 0.15) is 0 Å². The third kappa shape index (κ3) is 3.78. The summed E-state index contributed by atoms with van der Waals surface area (Å²) in [6, 6.07) is 8.31. The molecule has 5 nitrogen and oxygen atoms in total. The van der Waals surface area contributed by atoms with Crippen LogP contribution >= 0.6 is 0 Å². The van der Waals surface area contributed by atoms with Gasteiger partial charge >= 0.3 is 0 Å². The molecule has 0 aliphatic carbocycles. The van der Waals surface area contributed by atoms with Crippen molar-refractivity contribution >= 4 is 22.9 Å². The fourth-order valence-corrected chi connectivity index (χ4v) is 3.52. The summed E-state index contributed by atoms with van der Waals surface area (Å²) in [5.74, 6) is 0.00679. The molecule has 0 spiro atoms. The minimum absolute atomic E-state index is 0.00679. The van der Waals surface area contributed by atoms with Crippen molar-refractivity contribution in [3.8, 4) is 0 Å². The number of carbonyl (C=O) groups excluding carboxylic acids is 1. The van der Waals surface area contributed by atoms with Crippen molar-refractivity contribution in [3.63, 3.8) is 0 Å². The molecule has 1 fully saturated rings. The van der Waals surface area contributed by atoms with Crippen molar-refractivity contribution in [1.29, 1.82) is 0 Å². The van der Waals surface area contributed by atoms with Crippen LogP contribution in [0.4, 0.5) is 0 Å². The Kier molecular flexibility index (Phi) is 5.56. The van der Waals surface area contributed by atoms with Gasteiger partial charge in [0, 0.05) is 56.0 Å². The van der Waals surface area contributed by atoms with Gasteiger partial charge in [-0.05, 0) is 25.5 Å². The quantitative estimate of drug-likeness (QED) is 0.758. The van der Waals surface area contributed by atoms with Crippen LogP contribution in [0.3, 0.4) is 0 Å². The lowest BCUT2D eigenvalue weighted by Crippen LogP contribution is -2.44. The number of carbonyl (C=O) groups is 1. The van der Waals surface area contributed by atoms with E-state index in [2.05, 4.69) is 22.9 Å². The van der Waals surface area contributed by atoms with Gasteiger partial charge in [0.05, 0.1) is 18.8 Å². The zero-order valence-corrected chi connectivity index (χ0v) is 15.1. The molecule has 1 aromatic carbocycles. The summed E-state index contributed by atoms with van der Waals surface area (Å²) in [7, 11) is 3.67. The molecule has 2 heterocycles. The first-order valence-corrected chi connectivity index (χ1v) is 8.75. The first kappa shape index (κ1) is 17.7. The highest BCUT2D eigenvalue weighted by Crippen LogP contribution is 2.23. The lowest BCUT2D eigenvalue weighted by Gasteiger charge is -2.29. The summed E-state index contributed by atoms with van der Waals surface area (Å²) in [4.78, 5) is 14.7. The van der Waals surface area contributed by atoms with Crippen molar-refractivity contribution in [1.82, 2.24) is 9.47 Å². The second kappa shape index (κ2) is 7.85. The van der Waals surface area contributed by atoms with Crippen molar-refractivity contribution in [2.45, 2.75) is 25.5 Å². The van der Waals surface area contributed by atoms with E-state index in [4.69, 9.17) is 9.47 Å². The number of benzene rings is 1. The Balaban J connectivity index is 1.80. The Morgan fingerprint density at radius 1 is 1.44 bits per heavy atom. The SMILES string of the molecule is COCCN(C(=O)/C=C/c1cn(C)c2ccccc12)C1CCOC1C. The van der Waals surface area contributed by atoms with Gasteiger partial charge in [-0.25, -0.2) is 0 Å². The van der Waals surface area contributed by atoms with Gasteiger partial charge in [-0.15, -0.1) is 0 Å². The number of hydrogen-bond donors (Lipinski definition) is 0. The number of para-hydroxylation sites is 1. The predicted molar refractivity (Wildman–Crippen MR) is 99.4 cm³/mol. The molecule has 0 radical (unpaired) electrons. The van der Waals surface area contributed by atoms with Crippen molar-refractivity contribution in [3.05, 3.63) is 42.1 Å². The summed E-state index contributed by atoms with van der Waals surface area (Å²) < 4.78 is 12.9. The molecule has 134 valence electrons. The Labute approximate surface area is 148 Å². The second-order valence-electron chi connectivity index (χ2n) is 6.50. The standard InChI is InChI=1S/C20H26N2O3/c1-15-18(10-12-25-15)22(11-13-24-3)20(23)9-8-16-14-21(2)19-7-5-4-6-17(16)19/h4-9,14-15,18H,10-13H2,1-3H3/b9-8+. The van der Waals surface area contributed by atoms with E-state index in [1.165, 1.54) is 0 Å². The number of nitrogens with zero attached hydrogens (tertiary/aromatic N) is 2. The summed E-state index contributed by atoms with van der Waals surface area (Å²) in [6.07, 6.45) is 6.56. The fourth-order valence-electron chi connectivity index (χ4n) is 3.52. The number of amides is 1. The summed E-state index contributed by atoms with van der Waals surface area (Å²) in [6.45, 7) is 3.83. The van der Waals surface area contributed by atoms with E-state index in [0.29, 0.717) is 19.8 Å². The molecule has 2 unspecified atom stereocenters. The molecule has 5 heteroatoms. The summed E-state index contributed by atoms with van der Waals surface area (Å²) in [5, 5.41) is 1.15. The average Bonchev–Trinajstić information content (AvgIpc) is 3.18. The van der Waals surface area contributed by atoms with Gasteiger partial charge in [0.25, 0.3) is 0 Å². The number of aromatic nitrogens is 1. The second-order valence-corrected chi connectivity index (χ2v) is 6.50. The molecule has 1 aromatic heterocycles. The number of aryl methyl sites for hydroxylation is 1. The fraction of sp³-hybridized carbons (Fsp3) is 0.450. The summed E-state index contributed by atoms with van der Waals surface area (Å²) >= 11 is 0. The van der Waals surface area contributed by atoms with Crippen molar-refractivity contribution < 1.29 is 14.3 Å². The van der Waals surface area contributed by atoms with E-state index in [-0.39, 0.29) is 18.1 Å². The Hall–Kier alpha value is -2.11. The number of fused-ring (bicyclic) bond motifs is 1. The number of rotatable bonds is 6.